The Balaban J connectivity index is 1.28. The number of carbonyl (C=O) groups is 1. The maximum atomic E-state index is 12.7. The average Bonchev–Trinajstić information content (AvgIpc) is 3.58. The zero-order valence-electron chi connectivity index (χ0n) is 19.3. The van der Waals surface area contributed by atoms with E-state index in [1.165, 1.54) is 6.33 Å². The lowest BCUT2D eigenvalue weighted by molar-refractivity contribution is -0.116. The molecule has 11 nitrogen and oxygen atoms in total. The van der Waals surface area contributed by atoms with E-state index in [0.717, 1.165) is 28.3 Å². The van der Waals surface area contributed by atoms with Gasteiger partial charge in [0.15, 0.2) is 11.5 Å². The highest BCUT2D eigenvalue weighted by Gasteiger charge is 2.33. The van der Waals surface area contributed by atoms with Crippen LogP contribution in [0, 0.1) is 13.8 Å². The minimum absolute atomic E-state index is 0.0755. The van der Waals surface area contributed by atoms with Gasteiger partial charge in [0.1, 0.15) is 30.0 Å². The van der Waals surface area contributed by atoms with Gasteiger partial charge >= 0.3 is 0 Å². The fourth-order valence-electron chi connectivity index (χ4n) is 4.58. The standard InChI is InChI=1S/C24H23N9O2/c1-14-7-8-29-32(14)9-10-35-17-5-3-16(4-6-17)18-11-19(34)30-23-20(18)15(2)31-33(23)24-21-22(26-12-25-21)27-13-28-24/h3-8,12-13,18H,9-11H2,1-2H3,(H,30,34)(H,25,26,27,28)/t18-/m1/s1. The number of H-pyrrole nitrogens is 1. The quantitative estimate of drug-likeness (QED) is 0.391. The molecule has 176 valence electrons. The largest absolute Gasteiger partial charge is 0.492 e. The molecular weight excluding hydrogens is 446 g/mol. The van der Waals surface area contributed by atoms with Gasteiger partial charge in [-0.05, 0) is 37.6 Å². The predicted molar refractivity (Wildman–Crippen MR) is 128 cm³/mol. The van der Waals surface area contributed by atoms with Crippen LogP contribution in [0.1, 0.15) is 34.9 Å². The number of aromatic nitrogens is 8. The molecule has 1 aliphatic rings. The van der Waals surface area contributed by atoms with E-state index in [1.54, 1.807) is 17.2 Å². The van der Waals surface area contributed by atoms with Gasteiger partial charge in [-0.3, -0.25) is 9.48 Å². The number of aromatic amines is 1. The lowest BCUT2D eigenvalue weighted by atomic mass is 9.86. The minimum atomic E-state index is -0.132. The van der Waals surface area contributed by atoms with Crippen molar-refractivity contribution in [3.8, 4) is 11.6 Å². The van der Waals surface area contributed by atoms with E-state index in [9.17, 15) is 4.79 Å². The Labute approximate surface area is 200 Å². The number of nitrogens with zero attached hydrogens (tertiary/aromatic N) is 7. The summed E-state index contributed by atoms with van der Waals surface area (Å²) in [5.41, 5.74) is 5.11. The van der Waals surface area contributed by atoms with Crippen LogP contribution in [0.5, 0.6) is 5.75 Å². The number of hydrogen-bond acceptors (Lipinski definition) is 7. The predicted octanol–water partition coefficient (Wildman–Crippen LogP) is 2.91. The van der Waals surface area contributed by atoms with Crippen LogP contribution in [0.2, 0.25) is 0 Å². The molecule has 0 saturated heterocycles. The van der Waals surface area contributed by atoms with E-state index in [2.05, 4.69) is 30.4 Å². The Morgan fingerprint density at radius 2 is 1.97 bits per heavy atom. The maximum Gasteiger partial charge on any atom is 0.226 e. The molecule has 5 aromatic rings. The van der Waals surface area contributed by atoms with Crippen LogP contribution in [-0.2, 0) is 11.3 Å². The van der Waals surface area contributed by atoms with Crippen LogP contribution < -0.4 is 10.1 Å². The topological polar surface area (TPSA) is 128 Å². The summed E-state index contributed by atoms with van der Waals surface area (Å²) < 4.78 is 9.47. The van der Waals surface area contributed by atoms with Gasteiger partial charge in [0.05, 0.1) is 18.6 Å². The third kappa shape index (κ3) is 3.70. The van der Waals surface area contributed by atoms with Crippen molar-refractivity contribution in [1.29, 1.82) is 0 Å². The number of benzene rings is 1. The number of ether oxygens (including phenoxy) is 1. The van der Waals surface area contributed by atoms with Crippen molar-refractivity contribution in [2.45, 2.75) is 32.7 Å². The van der Waals surface area contributed by atoms with Crippen LogP contribution in [0.25, 0.3) is 17.0 Å². The lowest BCUT2D eigenvalue weighted by Crippen LogP contribution is -2.25. The van der Waals surface area contributed by atoms with Crippen LogP contribution in [0.4, 0.5) is 5.82 Å². The number of aryl methyl sites for hydroxylation is 2. The second-order valence-electron chi connectivity index (χ2n) is 8.48. The van der Waals surface area contributed by atoms with Gasteiger partial charge in [0.25, 0.3) is 0 Å². The first-order valence-corrected chi connectivity index (χ1v) is 11.3. The van der Waals surface area contributed by atoms with Crippen molar-refractivity contribution < 1.29 is 9.53 Å². The summed E-state index contributed by atoms with van der Waals surface area (Å²) >= 11 is 0. The molecule has 35 heavy (non-hydrogen) atoms. The average molecular weight is 470 g/mol. The van der Waals surface area contributed by atoms with E-state index in [0.29, 0.717) is 42.4 Å². The van der Waals surface area contributed by atoms with Crippen molar-refractivity contribution in [2.24, 2.45) is 0 Å². The summed E-state index contributed by atoms with van der Waals surface area (Å²) in [6, 6.07) is 9.87. The maximum absolute atomic E-state index is 12.7. The van der Waals surface area contributed by atoms with E-state index >= 15 is 0 Å². The van der Waals surface area contributed by atoms with Gasteiger partial charge in [0.2, 0.25) is 5.91 Å². The van der Waals surface area contributed by atoms with Crippen molar-refractivity contribution >= 4 is 22.9 Å². The van der Waals surface area contributed by atoms with Crippen LogP contribution in [0.3, 0.4) is 0 Å². The molecule has 1 amide bonds. The summed E-state index contributed by atoms with van der Waals surface area (Å²) in [5, 5.41) is 12.0. The molecule has 0 aliphatic carbocycles. The van der Waals surface area contributed by atoms with Gasteiger partial charge in [0, 0.05) is 29.8 Å². The first kappa shape index (κ1) is 21.0. The second-order valence-corrected chi connectivity index (χ2v) is 8.48. The van der Waals surface area contributed by atoms with Crippen molar-refractivity contribution in [3.63, 3.8) is 0 Å². The van der Waals surface area contributed by atoms with E-state index in [4.69, 9.17) is 9.84 Å². The first-order chi connectivity index (χ1) is 17.1. The Morgan fingerprint density at radius 1 is 1.11 bits per heavy atom. The molecule has 4 aromatic heterocycles. The summed E-state index contributed by atoms with van der Waals surface area (Å²) in [6.45, 7) is 5.16. The van der Waals surface area contributed by atoms with Crippen LogP contribution in [0.15, 0.2) is 49.2 Å². The first-order valence-electron chi connectivity index (χ1n) is 11.3. The molecule has 2 N–H and O–H groups in total. The summed E-state index contributed by atoms with van der Waals surface area (Å²) in [4.78, 5) is 28.6. The highest BCUT2D eigenvalue weighted by Crippen LogP contribution is 2.40. The summed E-state index contributed by atoms with van der Waals surface area (Å²) in [7, 11) is 0. The molecule has 0 bridgehead atoms. The molecule has 5 heterocycles. The molecule has 0 spiro atoms. The van der Waals surface area contributed by atoms with Gasteiger partial charge in [-0.25, -0.2) is 15.0 Å². The smallest absolute Gasteiger partial charge is 0.226 e. The fraction of sp³-hybridized carbons (Fsp3) is 0.250. The van der Waals surface area contributed by atoms with E-state index < -0.39 is 0 Å². The number of hydrogen-bond donors (Lipinski definition) is 2. The van der Waals surface area contributed by atoms with Crippen molar-refractivity contribution in [2.75, 3.05) is 11.9 Å². The summed E-state index contributed by atoms with van der Waals surface area (Å²) in [6.07, 6.45) is 5.12. The minimum Gasteiger partial charge on any atom is -0.492 e. The molecule has 0 unspecified atom stereocenters. The zero-order valence-corrected chi connectivity index (χ0v) is 19.3. The van der Waals surface area contributed by atoms with Gasteiger partial charge in [-0.2, -0.15) is 14.9 Å². The van der Waals surface area contributed by atoms with Crippen LogP contribution >= 0.6 is 0 Å². The Bertz CT molecular complexity index is 1530. The number of carbonyl (C=O) groups excluding carboxylic acids is 1. The molecule has 1 aromatic carbocycles. The van der Waals surface area contributed by atoms with Crippen molar-refractivity contribution in [1.82, 2.24) is 39.5 Å². The molecule has 1 aliphatic heterocycles. The lowest BCUT2D eigenvalue weighted by Gasteiger charge is -2.24. The van der Waals surface area contributed by atoms with Crippen LogP contribution in [-0.4, -0.2) is 52.0 Å². The molecule has 0 saturated carbocycles. The normalized spacial score (nSPS) is 15.3. The zero-order chi connectivity index (χ0) is 23.9. The highest BCUT2D eigenvalue weighted by molar-refractivity contribution is 5.95. The van der Waals surface area contributed by atoms with E-state index in [1.807, 2.05) is 48.9 Å². The van der Waals surface area contributed by atoms with E-state index in [-0.39, 0.29) is 11.8 Å². The monoisotopic (exact) mass is 469 g/mol. The number of amides is 1. The van der Waals surface area contributed by atoms with Gasteiger partial charge in [-0.1, -0.05) is 12.1 Å². The Morgan fingerprint density at radius 3 is 2.77 bits per heavy atom. The number of fused-ring (bicyclic) bond motifs is 2. The Hall–Kier alpha value is -4.54. The molecular formula is C24H23N9O2. The third-order valence-corrected chi connectivity index (χ3v) is 6.29. The molecule has 0 radical (unpaired) electrons. The van der Waals surface area contributed by atoms with Gasteiger partial charge < -0.3 is 15.0 Å². The molecule has 1 atom stereocenters. The Kier molecular flexibility index (Phi) is 5.02. The summed E-state index contributed by atoms with van der Waals surface area (Å²) in [5.74, 6) is 1.72. The van der Waals surface area contributed by atoms with Gasteiger partial charge in [-0.15, -0.1) is 0 Å². The number of nitrogens with one attached hydrogen (secondary N) is 2. The number of imidazole rings is 1. The fourth-order valence-corrected chi connectivity index (χ4v) is 4.58. The number of anilines is 1. The number of rotatable bonds is 6. The molecule has 0 fully saturated rings. The molecule has 11 heteroatoms. The van der Waals surface area contributed by atoms with Crippen molar-refractivity contribution in [3.05, 3.63) is 71.7 Å². The SMILES string of the molecule is Cc1nn(-c2ncnc3nc[nH]c23)c2c1[C@@H](c1ccc(OCCn3nccc3C)cc1)CC(=O)N2. The third-order valence-electron chi connectivity index (χ3n) is 6.29. The highest BCUT2D eigenvalue weighted by atomic mass is 16.5. The molecule has 6 rings (SSSR count). The second kappa shape index (κ2) is 8.35.